The van der Waals surface area contributed by atoms with Crippen LogP contribution in [0.5, 0.6) is 0 Å². The van der Waals surface area contributed by atoms with E-state index < -0.39 is 17.6 Å². The number of carbonyl (C=O) groups excluding carboxylic acids is 1. The SMILES string of the molecule is CCOC(=O)N(CC1CC1)c1[nH]c(=O)ncc1F. The minimum Gasteiger partial charge on any atom is -0.449 e. The van der Waals surface area contributed by atoms with E-state index in [0.29, 0.717) is 12.5 Å². The van der Waals surface area contributed by atoms with Crippen LogP contribution in [0.25, 0.3) is 0 Å². The van der Waals surface area contributed by atoms with Crippen molar-refractivity contribution in [2.24, 2.45) is 5.92 Å². The number of hydrogen-bond acceptors (Lipinski definition) is 4. The number of halogens is 1. The number of anilines is 1. The van der Waals surface area contributed by atoms with Gasteiger partial charge in [-0.2, -0.15) is 4.98 Å². The summed E-state index contributed by atoms with van der Waals surface area (Å²) in [6.45, 7) is 2.20. The van der Waals surface area contributed by atoms with Crippen LogP contribution in [-0.4, -0.2) is 29.2 Å². The zero-order valence-corrected chi connectivity index (χ0v) is 9.98. The fraction of sp³-hybridized carbons (Fsp3) is 0.545. The Morgan fingerprint density at radius 2 is 2.39 bits per heavy atom. The molecule has 0 atom stereocenters. The second kappa shape index (κ2) is 5.16. The Morgan fingerprint density at radius 3 is 3.00 bits per heavy atom. The van der Waals surface area contributed by atoms with Crippen molar-refractivity contribution < 1.29 is 13.9 Å². The highest BCUT2D eigenvalue weighted by atomic mass is 19.1. The third-order valence-electron chi connectivity index (χ3n) is 2.64. The number of hydrogen-bond donors (Lipinski definition) is 1. The number of amides is 1. The molecule has 0 radical (unpaired) electrons. The highest BCUT2D eigenvalue weighted by Crippen LogP contribution is 2.31. The second-order valence-corrected chi connectivity index (χ2v) is 4.14. The molecule has 7 heteroatoms. The minimum absolute atomic E-state index is 0.180. The Morgan fingerprint density at radius 1 is 1.67 bits per heavy atom. The van der Waals surface area contributed by atoms with Gasteiger partial charge in [0.05, 0.1) is 12.8 Å². The second-order valence-electron chi connectivity index (χ2n) is 4.14. The van der Waals surface area contributed by atoms with E-state index in [2.05, 4.69) is 9.97 Å². The predicted molar refractivity (Wildman–Crippen MR) is 61.9 cm³/mol. The number of aromatic nitrogens is 2. The predicted octanol–water partition coefficient (Wildman–Crippen LogP) is 1.28. The van der Waals surface area contributed by atoms with Gasteiger partial charge < -0.3 is 4.74 Å². The lowest BCUT2D eigenvalue weighted by Crippen LogP contribution is -2.36. The van der Waals surface area contributed by atoms with Crippen molar-refractivity contribution in [1.29, 1.82) is 0 Å². The van der Waals surface area contributed by atoms with Gasteiger partial charge in [0.1, 0.15) is 0 Å². The molecule has 98 valence electrons. The summed E-state index contributed by atoms with van der Waals surface area (Å²) in [7, 11) is 0. The molecular formula is C11H14FN3O3. The number of carbonyl (C=O) groups is 1. The van der Waals surface area contributed by atoms with Gasteiger partial charge in [-0.25, -0.2) is 14.0 Å². The van der Waals surface area contributed by atoms with Crippen LogP contribution in [0.1, 0.15) is 19.8 Å². The normalized spacial score (nSPS) is 14.3. The average molecular weight is 255 g/mol. The molecule has 1 saturated carbocycles. The highest BCUT2D eigenvalue weighted by molar-refractivity contribution is 5.86. The molecule has 0 spiro atoms. The third kappa shape index (κ3) is 2.85. The lowest BCUT2D eigenvalue weighted by atomic mass is 10.3. The van der Waals surface area contributed by atoms with Gasteiger partial charge in [0.15, 0.2) is 11.6 Å². The number of aromatic amines is 1. The van der Waals surface area contributed by atoms with Crippen LogP contribution >= 0.6 is 0 Å². The van der Waals surface area contributed by atoms with Gasteiger partial charge in [0.2, 0.25) is 0 Å². The van der Waals surface area contributed by atoms with E-state index in [1.165, 1.54) is 0 Å². The minimum atomic E-state index is -0.747. The van der Waals surface area contributed by atoms with Crippen molar-refractivity contribution in [2.75, 3.05) is 18.1 Å². The van der Waals surface area contributed by atoms with E-state index in [0.717, 1.165) is 23.9 Å². The molecule has 0 saturated heterocycles. The van der Waals surface area contributed by atoms with Crippen molar-refractivity contribution in [2.45, 2.75) is 19.8 Å². The van der Waals surface area contributed by atoms with Crippen LogP contribution in [0.2, 0.25) is 0 Å². The molecular weight excluding hydrogens is 241 g/mol. The first-order chi connectivity index (χ1) is 8.61. The quantitative estimate of drug-likeness (QED) is 0.879. The molecule has 0 unspecified atom stereocenters. The molecule has 0 aliphatic heterocycles. The highest BCUT2D eigenvalue weighted by Gasteiger charge is 2.30. The zero-order chi connectivity index (χ0) is 13.1. The molecule has 0 aromatic carbocycles. The van der Waals surface area contributed by atoms with Crippen molar-refractivity contribution >= 4 is 11.9 Å². The maximum absolute atomic E-state index is 13.6. The van der Waals surface area contributed by atoms with Crippen LogP contribution in [0.15, 0.2) is 11.0 Å². The Balaban J connectivity index is 2.28. The Kier molecular flexibility index (Phi) is 3.59. The molecule has 6 nitrogen and oxygen atoms in total. The summed E-state index contributed by atoms with van der Waals surface area (Å²) in [6.07, 6.45) is 2.12. The van der Waals surface area contributed by atoms with E-state index in [4.69, 9.17) is 4.74 Å². The Hall–Kier alpha value is -1.92. The summed E-state index contributed by atoms with van der Waals surface area (Å²) in [5.74, 6) is -0.589. The van der Waals surface area contributed by atoms with Crippen LogP contribution in [0.3, 0.4) is 0 Å². The summed E-state index contributed by atoms with van der Waals surface area (Å²) in [5.41, 5.74) is -0.698. The molecule has 2 rings (SSSR count). The molecule has 1 aromatic heterocycles. The first-order valence-corrected chi connectivity index (χ1v) is 5.81. The number of H-pyrrole nitrogens is 1. The molecule has 1 heterocycles. The maximum atomic E-state index is 13.6. The van der Waals surface area contributed by atoms with Crippen LogP contribution in [-0.2, 0) is 4.74 Å². The molecule has 1 aromatic rings. The first kappa shape index (κ1) is 12.5. The van der Waals surface area contributed by atoms with Crippen molar-refractivity contribution in [3.8, 4) is 0 Å². The van der Waals surface area contributed by atoms with Gasteiger partial charge >= 0.3 is 11.8 Å². The average Bonchev–Trinajstić information content (AvgIpc) is 3.14. The van der Waals surface area contributed by atoms with E-state index in [-0.39, 0.29) is 12.4 Å². The number of ether oxygens (including phenoxy) is 1. The largest absolute Gasteiger partial charge is 0.449 e. The van der Waals surface area contributed by atoms with Crippen LogP contribution in [0.4, 0.5) is 15.0 Å². The number of nitrogens with zero attached hydrogens (tertiary/aromatic N) is 2. The zero-order valence-electron chi connectivity index (χ0n) is 9.98. The van der Waals surface area contributed by atoms with Gasteiger partial charge in [0, 0.05) is 6.54 Å². The summed E-state index contributed by atoms with van der Waals surface area (Å²) in [4.78, 5) is 29.5. The standard InChI is InChI=1S/C11H14FN3O3/c1-2-18-11(17)15(6-7-3-4-7)9-8(12)5-13-10(16)14-9/h5,7H,2-4,6H2,1H3,(H,13,14,16). The van der Waals surface area contributed by atoms with E-state index >= 15 is 0 Å². The maximum Gasteiger partial charge on any atom is 0.415 e. The molecule has 1 amide bonds. The summed E-state index contributed by atoms with van der Waals surface area (Å²) in [5, 5.41) is 0. The fourth-order valence-electron chi connectivity index (χ4n) is 1.58. The van der Waals surface area contributed by atoms with Crippen molar-refractivity contribution in [1.82, 2.24) is 9.97 Å². The van der Waals surface area contributed by atoms with Crippen molar-refractivity contribution in [3.63, 3.8) is 0 Å². The van der Waals surface area contributed by atoms with Gasteiger partial charge in [0.25, 0.3) is 0 Å². The smallest absolute Gasteiger partial charge is 0.415 e. The lowest BCUT2D eigenvalue weighted by Gasteiger charge is -2.21. The summed E-state index contributed by atoms with van der Waals surface area (Å²) < 4.78 is 18.5. The molecule has 18 heavy (non-hydrogen) atoms. The van der Waals surface area contributed by atoms with E-state index in [1.807, 2.05) is 0 Å². The number of nitrogens with one attached hydrogen (secondary N) is 1. The molecule has 0 bridgehead atoms. The lowest BCUT2D eigenvalue weighted by molar-refractivity contribution is 0.159. The topological polar surface area (TPSA) is 75.3 Å². The first-order valence-electron chi connectivity index (χ1n) is 5.81. The van der Waals surface area contributed by atoms with Gasteiger partial charge in [-0.1, -0.05) is 0 Å². The van der Waals surface area contributed by atoms with Crippen molar-refractivity contribution in [3.05, 3.63) is 22.5 Å². The van der Waals surface area contributed by atoms with Gasteiger partial charge in [-0.05, 0) is 25.7 Å². The van der Waals surface area contributed by atoms with Gasteiger partial charge in [-0.15, -0.1) is 0 Å². The van der Waals surface area contributed by atoms with Crippen LogP contribution in [0, 0.1) is 11.7 Å². The Labute approximate surface area is 103 Å². The van der Waals surface area contributed by atoms with E-state index in [1.54, 1.807) is 6.92 Å². The molecule has 1 aliphatic rings. The van der Waals surface area contributed by atoms with Gasteiger partial charge in [-0.3, -0.25) is 9.88 Å². The third-order valence-corrected chi connectivity index (χ3v) is 2.64. The fourth-order valence-corrected chi connectivity index (χ4v) is 1.58. The summed E-state index contributed by atoms with van der Waals surface area (Å²) >= 11 is 0. The molecule has 1 fully saturated rings. The Bertz CT molecular complexity index is 499. The number of rotatable bonds is 4. The monoisotopic (exact) mass is 255 g/mol. The van der Waals surface area contributed by atoms with E-state index in [9.17, 15) is 14.0 Å². The summed E-state index contributed by atoms with van der Waals surface area (Å²) in [6, 6.07) is 0. The molecule has 1 N–H and O–H groups in total. The van der Waals surface area contributed by atoms with Crippen LogP contribution < -0.4 is 10.6 Å². The molecule has 1 aliphatic carbocycles.